The third-order valence-corrected chi connectivity index (χ3v) is 3.34. The van der Waals surface area contributed by atoms with E-state index in [9.17, 15) is 9.59 Å². The normalized spacial score (nSPS) is 18.7. The number of amides is 2. The Kier molecular flexibility index (Phi) is 5.30. The number of carbonyl (C=O) groups is 2. The van der Waals surface area contributed by atoms with Crippen molar-refractivity contribution in [2.24, 2.45) is 0 Å². The fourth-order valence-electron chi connectivity index (χ4n) is 2.20. The number of nitrogens with zero attached hydrogens (tertiary/aromatic N) is 1. The summed E-state index contributed by atoms with van der Waals surface area (Å²) in [5, 5.41) is 11.7. The van der Waals surface area contributed by atoms with E-state index in [4.69, 9.17) is 9.84 Å². The molecule has 6 heteroatoms. The van der Waals surface area contributed by atoms with Gasteiger partial charge in [-0.1, -0.05) is 17.7 Å². The van der Waals surface area contributed by atoms with E-state index in [1.807, 2.05) is 31.2 Å². The molecule has 114 valence electrons. The third-order valence-electron chi connectivity index (χ3n) is 3.34. The fourth-order valence-corrected chi connectivity index (χ4v) is 2.20. The first-order valence-electron chi connectivity index (χ1n) is 6.98. The number of benzene rings is 1. The van der Waals surface area contributed by atoms with Crippen molar-refractivity contribution < 1.29 is 19.4 Å². The number of nitrogens with one attached hydrogen (secondary N) is 1. The van der Waals surface area contributed by atoms with Gasteiger partial charge in [0, 0.05) is 18.8 Å². The molecule has 6 nitrogen and oxygen atoms in total. The molecule has 1 aromatic rings. The van der Waals surface area contributed by atoms with Crippen molar-refractivity contribution in [3.63, 3.8) is 0 Å². The minimum atomic E-state index is -0.768. The SMILES string of the molecule is Cc1ccc(NC(=O)CC2OCCN(CCO)C2=O)cc1. The molecule has 2 amide bonds. The summed E-state index contributed by atoms with van der Waals surface area (Å²) >= 11 is 0. The highest BCUT2D eigenvalue weighted by Gasteiger charge is 2.30. The zero-order valence-electron chi connectivity index (χ0n) is 12.0. The number of rotatable bonds is 5. The van der Waals surface area contributed by atoms with Crippen LogP contribution in [0.25, 0.3) is 0 Å². The highest BCUT2D eigenvalue weighted by Crippen LogP contribution is 2.13. The lowest BCUT2D eigenvalue weighted by atomic mass is 10.1. The Morgan fingerprint density at radius 2 is 2.14 bits per heavy atom. The van der Waals surface area contributed by atoms with Gasteiger partial charge in [-0.15, -0.1) is 0 Å². The standard InChI is InChI=1S/C15H20N2O4/c1-11-2-4-12(5-3-11)16-14(19)10-13-15(20)17(6-8-18)7-9-21-13/h2-5,13,18H,6-10H2,1H3,(H,16,19). The average Bonchev–Trinajstić information content (AvgIpc) is 2.46. The van der Waals surface area contributed by atoms with Crippen molar-refractivity contribution in [2.75, 3.05) is 31.6 Å². The highest BCUT2D eigenvalue weighted by molar-refractivity contribution is 5.95. The number of aliphatic hydroxyl groups excluding tert-OH is 1. The summed E-state index contributed by atoms with van der Waals surface area (Å²) in [4.78, 5) is 25.5. The van der Waals surface area contributed by atoms with Gasteiger partial charge in [0.05, 0.1) is 19.6 Å². The van der Waals surface area contributed by atoms with Crippen LogP contribution in [0.3, 0.4) is 0 Å². The van der Waals surface area contributed by atoms with Gasteiger partial charge in [-0.05, 0) is 19.1 Å². The quantitative estimate of drug-likeness (QED) is 0.830. The van der Waals surface area contributed by atoms with Gasteiger partial charge in [-0.25, -0.2) is 0 Å². The predicted octanol–water partition coefficient (Wildman–Crippen LogP) is 0.543. The summed E-state index contributed by atoms with van der Waals surface area (Å²) in [6.45, 7) is 2.99. The van der Waals surface area contributed by atoms with Gasteiger partial charge >= 0.3 is 0 Å². The molecule has 0 bridgehead atoms. The number of anilines is 1. The van der Waals surface area contributed by atoms with E-state index in [-0.39, 0.29) is 31.4 Å². The minimum Gasteiger partial charge on any atom is -0.395 e. The van der Waals surface area contributed by atoms with Crippen molar-refractivity contribution in [3.05, 3.63) is 29.8 Å². The van der Waals surface area contributed by atoms with Crippen LogP contribution in [0.4, 0.5) is 5.69 Å². The molecule has 0 spiro atoms. The van der Waals surface area contributed by atoms with E-state index < -0.39 is 6.10 Å². The van der Waals surface area contributed by atoms with Gasteiger partial charge < -0.3 is 20.1 Å². The smallest absolute Gasteiger partial charge is 0.252 e. The van der Waals surface area contributed by atoms with E-state index in [1.54, 1.807) is 0 Å². The van der Waals surface area contributed by atoms with Crippen molar-refractivity contribution in [1.29, 1.82) is 0 Å². The maximum atomic E-state index is 12.1. The summed E-state index contributed by atoms with van der Waals surface area (Å²) in [5.74, 6) is -0.502. The summed E-state index contributed by atoms with van der Waals surface area (Å²) in [6.07, 6.45) is -0.787. The molecule has 1 aliphatic rings. The lowest BCUT2D eigenvalue weighted by molar-refractivity contribution is -0.155. The van der Waals surface area contributed by atoms with Crippen molar-refractivity contribution in [3.8, 4) is 0 Å². The number of hydrogen-bond acceptors (Lipinski definition) is 4. The van der Waals surface area contributed by atoms with Crippen LogP contribution in [0.15, 0.2) is 24.3 Å². The molecule has 1 atom stereocenters. The second-order valence-electron chi connectivity index (χ2n) is 5.03. The number of β-amino-alcohol motifs (C(OH)–C–C–N with tert-alkyl or cyclic N) is 1. The monoisotopic (exact) mass is 292 g/mol. The van der Waals surface area contributed by atoms with Gasteiger partial charge in [-0.3, -0.25) is 9.59 Å². The Labute approximate surface area is 123 Å². The van der Waals surface area contributed by atoms with Gasteiger partial charge in [0.2, 0.25) is 5.91 Å². The van der Waals surface area contributed by atoms with E-state index in [0.29, 0.717) is 18.8 Å². The Bertz CT molecular complexity index is 499. The Hall–Kier alpha value is -1.92. The van der Waals surface area contributed by atoms with E-state index in [2.05, 4.69) is 5.32 Å². The van der Waals surface area contributed by atoms with Crippen LogP contribution in [0.5, 0.6) is 0 Å². The topological polar surface area (TPSA) is 78.9 Å². The van der Waals surface area contributed by atoms with Gasteiger partial charge in [0.1, 0.15) is 6.10 Å². The molecule has 1 aromatic carbocycles. The van der Waals surface area contributed by atoms with Crippen LogP contribution >= 0.6 is 0 Å². The lowest BCUT2D eigenvalue weighted by Gasteiger charge is -2.31. The van der Waals surface area contributed by atoms with Crippen molar-refractivity contribution >= 4 is 17.5 Å². The summed E-state index contributed by atoms with van der Waals surface area (Å²) < 4.78 is 5.36. The zero-order chi connectivity index (χ0) is 15.2. The van der Waals surface area contributed by atoms with Gasteiger partial charge in [0.15, 0.2) is 0 Å². The molecule has 1 unspecified atom stereocenters. The fraction of sp³-hybridized carbons (Fsp3) is 0.467. The van der Waals surface area contributed by atoms with Crippen LogP contribution in [0.1, 0.15) is 12.0 Å². The van der Waals surface area contributed by atoms with Gasteiger partial charge in [-0.2, -0.15) is 0 Å². The van der Waals surface area contributed by atoms with Crippen LogP contribution in [-0.4, -0.2) is 54.2 Å². The van der Waals surface area contributed by atoms with E-state index in [1.165, 1.54) is 4.90 Å². The molecule has 2 rings (SSSR count). The molecule has 0 saturated carbocycles. The number of carbonyl (C=O) groups excluding carboxylic acids is 2. The number of hydrogen-bond donors (Lipinski definition) is 2. The second kappa shape index (κ2) is 7.19. The number of morpholine rings is 1. The molecule has 1 aliphatic heterocycles. The van der Waals surface area contributed by atoms with Gasteiger partial charge in [0.25, 0.3) is 5.91 Å². The van der Waals surface area contributed by atoms with Crippen LogP contribution in [0.2, 0.25) is 0 Å². The number of ether oxygens (including phenoxy) is 1. The Morgan fingerprint density at radius 1 is 1.43 bits per heavy atom. The summed E-state index contributed by atoms with van der Waals surface area (Å²) in [6, 6.07) is 7.44. The largest absolute Gasteiger partial charge is 0.395 e. The first kappa shape index (κ1) is 15.5. The molecule has 2 N–H and O–H groups in total. The third kappa shape index (κ3) is 4.27. The molecule has 0 aromatic heterocycles. The Balaban J connectivity index is 1.89. The maximum absolute atomic E-state index is 12.1. The summed E-state index contributed by atoms with van der Waals surface area (Å²) in [5.41, 5.74) is 1.81. The van der Waals surface area contributed by atoms with Crippen molar-refractivity contribution in [2.45, 2.75) is 19.4 Å². The lowest BCUT2D eigenvalue weighted by Crippen LogP contribution is -2.49. The Morgan fingerprint density at radius 3 is 2.81 bits per heavy atom. The highest BCUT2D eigenvalue weighted by atomic mass is 16.5. The van der Waals surface area contributed by atoms with Crippen LogP contribution < -0.4 is 5.32 Å². The summed E-state index contributed by atoms with van der Waals surface area (Å²) in [7, 11) is 0. The van der Waals surface area contributed by atoms with E-state index in [0.717, 1.165) is 5.56 Å². The molecular formula is C15H20N2O4. The average molecular weight is 292 g/mol. The van der Waals surface area contributed by atoms with Crippen LogP contribution in [-0.2, 0) is 14.3 Å². The molecule has 1 saturated heterocycles. The molecular weight excluding hydrogens is 272 g/mol. The number of aryl methyl sites for hydroxylation is 1. The maximum Gasteiger partial charge on any atom is 0.252 e. The first-order chi connectivity index (χ1) is 10.1. The number of aliphatic hydroxyl groups is 1. The first-order valence-corrected chi connectivity index (χ1v) is 6.98. The molecule has 1 fully saturated rings. The van der Waals surface area contributed by atoms with Crippen LogP contribution in [0, 0.1) is 6.92 Å². The predicted molar refractivity (Wildman–Crippen MR) is 77.8 cm³/mol. The van der Waals surface area contributed by atoms with Crippen molar-refractivity contribution in [1.82, 2.24) is 4.90 Å². The zero-order valence-corrected chi connectivity index (χ0v) is 12.0. The van der Waals surface area contributed by atoms with E-state index >= 15 is 0 Å². The molecule has 0 radical (unpaired) electrons. The second-order valence-corrected chi connectivity index (χ2v) is 5.03. The minimum absolute atomic E-state index is 0.0192. The molecule has 21 heavy (non-hydrogen) atoms. The molecule has 0 aliphatic carbocycles. The molecule has 1 heterocycles.